The van der Waals surface area contributed by atoms with Gasteiger partial charge in [0.2, 0.25) is 5.95 Å². The van der Waals surface area contributed by atoms with Crippen molar-refractivity contribution >= 4 is 17.5 Å². The van der Waals surface area contributed by atoms with Crippen LogP contribution < -0.4 is 10.6 Å². The molecule has 0 unspecified atom stereocenters. The van der Waals surface area contributed by atoms with Gasteiger partial charge in [0, 0.05) is 36.7 Å². The minimum absolute atomic E-state index is 0.108. The van der Waals surface area contributed by atoms with Gasteiger partial charge in [0.15, 0.2) is 0 Å². The zero-order valence-electron chi connectivity index (χ0n) is 16.3. The van der Waals surface area contributed by atoms with Gasteiger partial charge in [0.05, 0.1) is 0 Å². The summed E-state index contributed by atoms with van der Waals surface area (Å²) in [5.41, 5.74) is 3.78. The summed E-state index contributed by atoms with van der Waals surface area (Å²) in [6, 6.07) is 17.6. The van der Waals surface area contributed by atoms with E-state index in [1.807, 2.05) is 12.1 Å². The molecule has 1 amide bonds. The first-order valence-corrected chi connectivity index (χ1v) is 9.99. The number of nitrogens with one attached hydrogen (secondary N) is 2. The first-order chi connectivity index (χ1) is 14.3. The molecule has 0 atom stereocenters. The van der Waals surface area contributed by atoms with E-state index < -0.39 is 0 Å². The monoisotopic (exact) mass is 387 g/mol. The van der Waals surface area contributed by atoms with Crippen LogP contribution in [0.15, 0.2) is 67.0 Å². The second kappa shape index (κ2) is 9.30. The first kappa shape index (κ1) is 19.1. The normalized spacial score (nSPS) is 13.9. The van der Waals surface area contributed by atoms with Crippen molar-refractivity contribution in [3.05, 3.63) is 83.7 Å². The van der Waals surface area contributed by atoms with Crippen molar-refractivity contribution in [1.82, 2.24) is 20.2 Å². The second-order valence-corrected chi connectivity index (χ2v) is 7.26. The van der Waals surface area contributed by atoms with E-state index in [2.05, 4.69) is 49.8 Å². The highest BCUT2D eigenvalue weighted by Crippen LogP contribution is 2.15. The smallest absolute Gasteiger partial charge is 0.251 e. The molecule has 29 heavy (non-hydrogen) atoms. The van der Waals surface area contributed by atoms with Gasteiger partial charge in [-0.15, -0.1) is 0 Å². The summed E-state index contributed by atoms with van der Waals surface area (Å²) in [4.78, 5) is 23.3. The van der Waals surface area contributed by atoms with E-state index in [4.69, 9.17) is 0 Å². The number of amides is 1. The van der Waals surface area contributed by atoms with E-state index in [-0.39, 0.29) is 5.91 Å². The Morgan fingerprint density at radius 2 is 1.66 bits per heavy atom. The molecule has 4 rings (SSSR count). The molecular formula is C23H25N5O. The van der Waals surface area contributed by atoms with Crippen LogP contribution in [0, 0.1) is 0 Å². The maximum atomic E-state index is 12.5. The molecule has 2 aromatic carbocycles. The van der Waals surface area contributed by atoms with Crippen LogP contribution >= 0.6 is 0 Å². The molecule has 0 spiro atoms. The van der Waals surface area contributed by atoms with Crippen LogP contribution in [0.1, 0.15) is 34.3 Å². The van der Waals surface area contributed by atoms with Gasteiger partial charge in [-0.2, -0.15) is 0 Å². The first-order valence-electron chi connectivity index (χ1n) is 9.99. The van der Waals surface area contributed by atoms with Gasteiger partial charge < -0.3 is 10.6 Å². The number of hydrogen-bond acceptors (Lipinski definition) is 5. The van der Waals surface area contributed by atoms with E-state index in [0.717, 1.165) is 17.8 Å². The highest BCUT2D eigenvalue weighted by Gasteiger charge is 2.11. The number of carbonyl (C=O) groups is 1. The van der Waals surface area contributed by atoms with Crippen molar-refractivity contribution in [1.29, 1.82) is 0 Å². The summed E-state index contributed by atoms with van der Waals surface area (Å²) < 4.78 is 0. The van der Waals surface area contributed by atoms with Crippen LogP contribution in [-0.4, -0.2) is 33.9 Å². The quantitative estimate of drug-likeness (QED) is 0.646. The van der Waals surface area contributed by atoms with Gasteiger partial charge in [0.1, 0.15) is 0 Å². The zero-order chi connectivity index (χ0) is 19.9. The molecule has 1 fully saturated rings. The lowest BCUT2D eigenvalue weighted by Gasteiger charge is -2.14. The second-order valence-electron chi connectivity index (χ2n) is 7.26. The van der Waals surface area contributed by atoms with Crippen LogP contribution in [0.2, 0.25) is 0 Å². The van der Waals surface area contributed by atoms with Crippen LogP contribution in [-0.2, 0) is 13.1 Å². The fourth-order valence-corrected chi connectivity index (χ4v) is 3.48. The third kappa shape index (κ3) is 5.39. The Balaban J connectivity index is 1.31. The molecule has 2 N–H and O–H groups in total. The lowest BCUT2D eigenvalue weighted by Crippen LogP contribution is -2.23. The summed E-state index contributed by atoms with van der Waals surface area (Å²) in [6.45, 7) is 3.91. The highest BCUT2D eigenvalue weighted by atomic mass is 16.1. The molecule has 0 aliphatic carbocycles. The molecule has 0 saturated carbocycles. The number of carbonyl (C=O) groups excluding carboxylic acids is 1. The molecule has 1 aromatic heterocycles. The van der Waals surface area contributed by atoms with Gasteiger partial charge in [0.25, 0.3) is 5.91 Å². The minimum atomic E-state index is -0.108. The van der Waals surface area contributed by atoms with Crippen molar-refractivity contribution in [2.75, 3.05) is 18.4 Å². The summed E-state index contributed by atoms with van der Waals surface area (Å²) >= 11 is 0. The van der Waals surface area contributed by atoms with E-state index in [0.29, 0.717) is 18.1 Å². The zero-order valence-corrected chi connectivity index (χ0v) is 16.3. The van der Waals surface area contributed by atoms with E-state index in [1.54, 1.807) is 30.6 Å². The summed E-state index contributed by atoms with van der Waals surface area (Å²) in [5, 5.41) is 6.09. The van der Waals surface area contributed by atoms with Crippen molar-refractivity contribution < 1.29 is 4.79 Å². The van der Waals surface area contributed by atoms with Gasteiger partial charge >= 0.3 is 0 Å². The Morgan fingerprint density at radius 1 is 0.931 bits per heavy atom. The van der Waals surface area contributed by atoms with E-state index >= 15 is 0 Å². The Kier molecular flexibility index (Phi) is 6.12. The molecule has 1 aliphatic rings. The standard InChI is InChI=1S/C23H25N5O/c29-22(20-5-3-6-21(15-20)27-23-24-11-4-12-25-23)26-16-18-7-9-19(10-8-18)17-28-13-1-2-14-28/h3-12,15H,1-2,13-14,16-17H2,(H,26,29)(H,24,25,27). The average Bonchev–Trinajstić information content (AvgIpc) is 3.27. The molecular weight excluding hydrogens is 362 g/mol. The van der Waals surface area contributed by atoms with Crippen molar-refractivity contribution in [3.63, 3.8) is 0 Å². The molecule has 1 aliphatic heterocycles. The highest BCUT2D eigenvalue weighted by molar-refractivity contribution is 5.95. The largest absolute Gasteiger partial charge is 0.348 e. The van der Waals surface area contributed by atoms with Gasteiger partial charge in [-0.05, 0) is 61.3 Å². The molecule has 2 heterocycles. The maximum Gasteiger partial charge on any atom is 0.251 e. The lowest BCUT2D eigenvalue weighted by atomic mass is 10.1. The Bertz CT molecular complexity index is 937. The molecule has 6 nitrogen and oxygen atoms in total. The Hall–Kier alpha value is -3.25. The van der Waals surface area contributed by atoms with Crippen molar-refractivity contribution in [2.45, 2.75) is 25.9 Å². The van der Waals surface area contributed by atoms with Gasteiger partial charge in [-0.3, -0.25) is 9.69 Å². The number of anilines is 2. The molecule has 0 bridgehead atoms. The Labute approximate surface area is 171 Å². The SMILES string of the molecule is O=C(NCc1ccc(CN2CCCC2)cc1)c1cccc(Nc2ncccn2)c1. The maximum absolute atomic E-state index is 12.5. The molecule has 6 heteroatoms. The predicted molar refractivity (Wildman–Crippen MR) is 114 cm³/mol. The third-order valence-electron chi connectivity index (χ3n) is 5.03. The van der Waals surface area contributed by atoms with Crippen LogP contribution in [0.3, 0.4) is 0 Å². The fourth-order valence-electron chi connectivity index (χ4n) is 3.48. The van der Waals surface area contributed by atoms with E-state index in [9.17, 15) is 4.79 Å². The van der Waals surface area contributed by atoms with Gasteiger partial charge in [-0.1, -0.05) is 30.3 Å². The number of benzene rings is 2. The third-order valence-corrected chi connectivity index (χ3v) is 5.03. The molecule has 3 aromatic rings. The number of hydrogen-bond donors (Lipinski definition) is 2. The summed E-state index contributed by atoms with van der Waals surface area (Å²) in [7, 11) is 0. The molecule has 0 radical (unpaired) electrons. The van der Waals surface area contributed by atoms with Crippen LogP contribution in [0.5, 0.6) is 0 Å². The average molecular weight is 387 g/mol. The summed E-state index contributed by atoms with van der Waals surface area (Å²) in [5.74, 6) is 0.392. The summed E-state index contributed by atoms with van der Waals surface area (Å²) in [6.07, 6.45) is 5.95. The minimum Gasteiger partial charge on any atom is -0.348 e. The number of rotatable bonds is 7. The number of aromatic nitrogens is 2. The predicted octanol–water partition coefficient (Wildman–Crippen LogP) is 3.75. The van der Waals surface area contributed by atoms with Gasteiger partial charge in [-0.25, -0.2) is 9.97 Å². The number of likely N-dealkylation sites (tertiary alicyclic amines) is 1. The van der Waals surface area contributed by atoms with E-state index in [1.165, 1.54) is 31.5 Å². The van der Waals surface area contributed by atoms with Crippen LogP contribution in [0.25, 0.3) is 0 Å². The molecule has 1 saturated heterocycles. The topological polar surface area (TPSA) is 70.2 Å². The van der Waals surface area contributed by atoms with Crippen LogP contribution in [0.4, 0.5) is 11.6 Å². The Morgan fingerprint density at radius 3 is 2.41 bits per heavy atom. The van der Waals surface area contributed by atoms with Crippen molar-refractivity contribution in [2.24, 2.45) is 0 Å². The lowest BCUT2D eigenvalue weighted by molar-refractivity contribution is 0.0951. The molecule has 148 valence electrons. The van der Waals surface area contributed by atoms with Crippen molar-refractivity contribution in [3.8, 4) is 0 Å². The number of nitrogens with zero attached hydrogens (tertiary/aromatic N) is 3. The fraction of sp³-hybridized carbons (Fsp3) is 0.261.